The molecule has 1 aliphatic rings. The van der Waals surface area contributed by atoms with Crippen molar-refractivity contribution in [2.24, 2.45) is 17.3 Å². The summed E-state index contributed by atoms with van der Waals surface area (Å²) in [5, 5.41) is 31.4. The molecule has 1 aromatic carbocycles. The van der Waals surface area contributed by atoms with E-state index in [0.29, 0.717) is 38.5 Å². The minimum atomic E-state index is -0.802. The molecule has 32 heavy (non-hydrogen) atoms. The third kappa shape index (κ3) is 5.85. The van der Waals surface area contributed by atoms with Gasteiger partial charge in [-0.1, -0.05) is 44.2 Å². The SMILES string of the molecule is CC1(C)C(=O)[C@H](C/C=C\CCCC(=O)O)[C@@H](CCC(O)Cc2cc3ccccc3s2)[C@@H]1O. The Balaban J connectivity index is 1.57. The first-order valence-electron chi connectivity index (χ1n) is 11.4. The second-order valence-electron chi connectivity index (χ2n) is 9.48. The highest BCUT2D eigenvalue weighted by Gasteiger charge is 2.53. The molecule has 0 amide bonds. The van der Waals surface area contributed by atoms with Crippen LogP contribution in [-0.4, -0.2) is 39.3 Å². The first kappa shape index (κ1) is 24.6. The molecule has 174 valence electrons. The first-order valence-corrected chi connectivity index (χ1v) is 12.3. The number of aliphatic carboxylic acids is 1. The predicted molar refractivity (Wildman–Crippen MR) is 128 cm³/mol. The fourth-order valence-corrected chi connectivity index (χ4v) is 5.94. The monoisotopic (exact) mass is 458 g/mol. The number of Topliss-reactive ketones (excluding diaryl/α,β-unsaturated/α-hetero) is 1. The lowest BCUT2D eigenvalue weighted by Gasteiger charge is -2.25. The molecule has 1 aromatic heterocycles. The van der Waals surface area contributed by atoms with Gasteiger partial charge in [0.15, 0.2) is 0 Å². The van der Waals surface area contributed by atoms with Crippen LogP contribution in [0.25, 0.3) is 10.1 Å². The standard InChI is InChI=1S/C26H34O5S/c1-26(2)24(30)20(10-5-3-4-6-12-23(28)29)21(25(26)31)14-13-18(27)16-19-15-17-9-7-8-11-22(17)32-19/h3,5,7-9,11,15,18,20-21,25,27,31H,4,6,10,12-14,16H2,1-2H3,(H,28,29)/b5-3-/t18?,20-,21-,25+/m1/s1. The van der Waals surface area contributed by atoms with Crippen molar-refractivity contribution in [3.63, 3.8) is 0 Å². The summed E-state index contributed by atoms with van der Waals surface area (Å²) in [6.45, 7) is 3.61. The van der Waals surface area contributed by atoms with E-state index >= 15 is 0 Å². The zero-order valence-corrected chi connectivity index (χ0v) is 19.7. The van der Waals surface area contributed by atoms with Gasteiger partial charge in [0.05, 0.1) is 12.2 Å². The minimum Gasteiger partial charge on any atom is -0.481 e. The van der Waals surface area contributed by atoms with Crippen LogP contribution in [0.15, 0.2) is 42.5 Å². The molecule has 0 saturated heterocycles. The first-order chi connectivity index (χ1) is 15.2. The van der Waals surface area contributed by atoms with Crippen LogP contribution in [0.2, 0.25) is 0 Å². The lowest BCUT2D eigenvalue weighted by Crippen LogP contribution is -2.32. The zero-order valence-electron chi connectivity index (χ0n) is 18.9. The molecule has 1 heterocycles. The molecule has 3 rings (SSSR count). The molecular weight excluding hydrogens is 424 g/mol. The van der Waals surface area contributed by atoms with Crippen LogP contribution in [0, 0.1) is 17.3 Å². The van der Waals surface area contributed by atoms with Gasteiger partial charge in [0.1, 0.15) is 5.78 Å². The van der Waals surface area contributed by atoms with Crippen LogP contribution < -0.4 is 0 Å². The number of carbonyl (C=O) groups is 2. The number of benzene rings is 1. The Bertz CT molecular complexity index is 927. The van der Waals surface area contributed by atoms with Gasteiger partial charge in [-0.15, -0.1) is 11.3 Å². The number of carboxylic acid groups (broad SMARTS) is 1. The van der Waals surface area contributed by atoms with Crippen molar-refractivity contribution in [3.05, 3.63) is 47.4 Å². The van der Waals surface area contributed by atoms with Crippen molar-refractivity contribution in [1.29, 1.82) is 0 Å². The highest BCUT2D eigenvalue weighted by atomic mass is 32.1. The van der Waals surface area contributed by atoms with Crippen molar-refractivity contribution in [2.45, 2.75) is 71.0 Å². The Morgan fingerprint density at radius 1 is 1.25 bits per heavy atom. The van der Waals surface area contributed by atoms with Gasteiger partial charge in [-0.3, -0.25) is 9.59 Å². The summed E-state index contributed by atoms with van der Waals surface area (Å²) in [4.78, 5) is 24.7. The summed E-state index contributed by atoms with van der Waals surface area (Å²) in [5.74, 6) is -1.18. The molecule has 0 bridgehead atoms. The maximum atomic E-state index is 13.0. The molecule has 0 aliphatic heterocycles. The molecule has 1 aliphatic carbocycles. The fraction of sp³-hybridized carbons (Fsp3) is 0.538. The number of unbranched alkanes of at least 4 members (excludes halogenated alkanes) is 1. The number of fused-ring (bicyclic) bond motifs is 1. The van der Waals surface area contributed by atoms with Gasteiger partial charge >= 0.3 is 5.97 Å². The maximum Gasteiger partial charge on any atom is 0.303 e. The largest absolute Gasteiger partial charge is 0.481 e. The molecule has 2 aromatic rings. The third-order valence-corrected chi connectivity index (χ3v) is 7.84. The molecule has 1 fully saturated rings. The molecule has 3 N–H and O–H groups in total. The van der Waals surface area contributed by atoms with E-state index in [-0.39, 0.29) is 24.0 Å². The fourth-order valence-electron chi connectivity index (χ4n) is 4.80. The van der Waals surface area contributed by atoms with Crippen molar-refractivity contribution >= 4 is 33.2 Å². The van der Waals surface area contributed by atoms with Crippen molar-refractivity contribution in [2.75, 3.05) is 0 Å². The highest BCUT2D eigenvalue weighted by Crippen LogP contribution is 2.46. The second-order valence-corrected chi connectivity index (χ2v) is 10.6. The van der Waals surface area contributed by atoms with E-state index in [2.05, 4.69) is 18.2 Å². The molecule has 4 atom stereocenters. The Hall–Kier alpha value is -2.02. The molecule has 1 saturated carbocycles. The average Bonchev–Trinajstić information content (AvgIpc) is 3.21. The number of ketones is 1. The van der Waals surface area contributed by atoms with Gasteiger partial charge < -0.3 is 15.3 Å². The second kappa shape index (κ2) is 10.7. The van der Waals surface area contributed by atoms with Gasteiger partial charge in [0, 0.05) is 33.8 Å². The summed E-state index contributed by atoms with van der Waals surface area (Å²) in [6, 6.07) is 10.3. The molecule has 1 unspecified atom stereocenters. The van der Waals surface area contributed by atoms with Crippen LogP contribution in [0.1, 0.15) is 57.2 Å². The lowest BCUT2D eigenvalue weighted by atomic mass is 9.85. The Labute approximate surface area is 193 Å². The van der Waals surface area contributed by atoms with E-state index in [1.165, 1.54) is 10.1 Å². The van der Waals surface area contributed by atoms with E-state index in [4.69, 9.17) is 5.11 Å². The predicted octanol–water partition coefficient (Wildman–Crippen LogP) is 4.99. The lowest BCUT2D eigenvalue weighted by molar-refractivity contribution is -0.137. The normalized spacial score (nSPS) is 23.9. The molecule has 0 spiro atoms. The summed E-state index contributed by atoms with van der Waals surface area (Å²) >= 11 is 1.69. The van der Waals surface area contributed by atoms with Gasteiger partial charge in [-0.2, -0.15) is 0 Å². The molecular formula is C26H34O5S. The van der Waals surface area contributed by atoms with Crippen molar-refractivity contribution < 1.29 is 24.9 Å². The van der Waals surface area contributed by atoms with Gasteiger partial charge in [-0.05, 0) is 55.5 Å². The van der Waals surface area contributed by atoms with Crippen molar-refractivity contribution in [1.82, 2.24) is 0 Å². The smallest absolute Gasteiger partial charge is 0.303 e. The van der Waals surface area contributed by atoms with Crippen LogP contribution in [0.5, 0.6) is 0 Å². The summed E-state index contributed by atoms with van der Waals surface area (Å²) in [7, 11) is 0. The Morgan fingerprint density at radius 2 is 2.00 bits per heavy atom. The molecule has 0 radical (unpaired) electrons. The van der Waals surface area contributed by atoms with E-state index in [1.807, 2.05) is 24.3 Å². The van der Waals surface area contributed by atoms with E-state index in [1.54, 1.807) is 25.2 Å². The maximum absolute atomic E-state index is 13.0. The number of carbonyl (C=O) groups excluding carboxylic acids is 1. The number of hydrogen-bond donors (Lipinski definition) is 3. The number of rotatable bonds is 11. The summed E-state index contributed by atoms with van der Waals surface area (Å²) in [6.07, 6.45) is 6.27. The van der Waals surface area contributed by atoms with Gasteiger partial charge in [-0.25, -0.2) is 0 Å². The quantitative estimate of drug-likeness (QED) is 0.326. The number of aliphatic hydroxyl groups excluding tert-OH is 2. The van der Waals surface area contributed by atoms with E-state index < -0.39 is 23.6 Å². The zero-order chi connectivity index (χ0) is 23.3. The summed E-state index contributed by atoms with van der Waals surface area (Å²) in [5.41, 5.74) is -0.789. The number of carboxylic acids is 1. The minimum absolute atomic E-state index is 0.0733. The van der Waals surface area contributed by atoms with Crippen LogP contribution >= 0.6 is 11.3 Å². The van der Waals surface area contributed by atoms with Crippen molar-refractivity contribution in [3.8, 4) is 0 Å². The Morgan fingerprint density at radius 3 is 2.72 bits per heavy atom. The van der Waals surface area contributed by atoms with Crippen LogP contribution in [-0.2, 0) is 16.0 Å². The topological polar surface area (TPSA) is 94.8 Å². The van der Waals surface area contributed by atoms with E-state index in [9.17, 15) is 19.8 Å². The number of aliphatic hydroxyl groups is 2. The van der Waals surface area contributed by atoms with Crippen LogP contribution in [0.3, 0.4) is 0 Å². The third-order valence-electron chi connectivity index (χ3n) is 6.70. The van der Waals surface area contributed by atoms with Crippen LogP contribution in [0.4, 0.5) is 0 Å². The highest BCUT2D eigenvalue weighted by molar-refractivity contribution is 7.19. The summed E-state index contributed by atoms with van der Waals surface area (Å²) < 4.78 is 1.21. The number of allylic oxidation sites excluding steroid dienone is 2. The molecule has 5 nitrogen and oxygen atoms in total. The Kier molecular flexibility index (Phi) is 8.26. The van der Waals surface area contributed by atoms with Gasteiger partial charge in [0.25, 0.3) is 0 Å². The number of thiophene rings is 1. The number of hydrogen-bond acceptors (Lipinski definition) is 5. The molecule has 6 heteroatoms. The van der Waals surface area contributed by atoms with Gasteiger partial charge in [0.2, 0.25) is 0 Å². The van der Waals surface area contributed by atoms with E-state index in [0.717, 1.165) is 4.88 Å². The average molecular weight is 459 g/mol.